The van der Waals surface area contributed by atoms with Gasteiger partial charge in [0.05, 0.1) is 0 Å². The lowest BCUT2D eigenvalue weighted by Gasteiger charge is -2.18. The minimum absolute atomic E-state index is 0.199. The molecule has 1 N–H and O–H groups in total. The average Bonchev–Trinajstić information content (AvgIpc) is 3.21. The van der Waals surface area contributed by atoms with Gasteiger partial charge in [0.25, 0.3) is 0 Å². The quantitative estimate of drug-likeness (QED) is 0.816. The number of hydrogen-bond acceptors (Lipinski definition) is 1. The molecule has 1 fully saturated rings. The van der Waals surface area contributed by atoms with Crippen LogP contribution in [-0.4, -0.2) is 11.9 Å². The molecular formula is C16H23NO. The van der Waals surface area contributed by atoms with Crippen LogP contribution in [0.1, 0.15) is 51.0 Å². The SMILES string of the molecule is CCC(C)NC(=O)CC(c1ccccc1)C1CC1. The van der Waals surface area contributed by atoms with Crippen molar-refractivity contribution >= 4 is 5.91 Å². The van der Waals surface area contributed by atoms with Crippen LogP contribution in [0, 0.1) is 5.92 Å². The molecule has 2 atom stereocenters. The molecule has 18 heavy (non-hydrogen) atoms. The summed E-state index contributed by atoms with van der Waals surface area (Å²) in [6.07, 6.45) is 4.18. The summed E-state index contributed by atoms with van der Waals surface area (Å²) < 4.78 is 0. The van der Waals surface area contributed by atoms with Crippen LogP contribution in [0.2, 0.25) is 0 Å². The van der Waals surface area contributed by atoms with Gasteiger partial charge < -0.3 is 5.32 Å². The van der Waals surface area contributed by atoms with Crippen LogP contribution in [0.3, 0.4) is 0 Å². The van der Waals surface area contributed by atoms with Crippen LogP contribution in [-0.2, 0) is 4.79 Å². The standard InChI is InChI=1S/C16H23NO/c1-3-12(2)17-16(18)11-15(14-9-10-14)13-7-5-4-6-8-13/h4-8,12,14-15H,3,9-11H2,1-2H3,(H,17,18). The van der Waals surface area contributed by atoms with Crippen LogP contribution < -0.4 is 5.32 Å². The first-order valence-corrected chi connectivity index (χ1v) is 7.05. The largest absolute Gasteiger partial charge is 0.354 e. The Kier molecular flexibility index (Phi) is 4.40. The first-order valence-electron chi connectivity index (χ1n) is 7.05. The first-order chi connectivity index (χ1) is 8.70. The van der Waals surface area contributed by atoms with Gasteiger partial charge in [-0.3, -0.25) is 4.79 Å². The topological polar surface area (TPSA) is 29.1 Å². The fraction of sp³-hybridized carbons (Fsp3) is 0.562. The Morgan fingerprint density at radius 3 is 2.56 bits per heavy atom. The molecule has 1 aromatic rings. The highest BCUT2D eigenvalue weighted by molar-refractivity contribution is 5.77. The maximum atomic E-state index is 12.0. The molecule has 98 valence electrons. The molecule has 1 aliphatic carbocycles. The summed E-state index contributed by atoms with van der Waals surface area (Å²) in [5.41, 5.74) is 1.32. The van der Waals surface area contributed by atoms with Gasteiger partial charge in [-0.2, -0.15) is 0 Å². The van der Waals surface area contributed by atoms with E-state index in [0.29, 0.717) is 12.3 Å². The minimum atomic E-state index is 0.199. The van der Waals surface area contributed by atoms with Gasteiger partial charge in [-0.25, -0.2) is 0 Å². The van der Waals surface area contributed by atoms with Gasteiger partial charge in [0.1, 0.15) is 0 Å². The fourth-order valence-electron chi connectivity index (χ4n) is 2.39. The number of carbonyl (C=O) groups excluding carboxylic acids is 1. The van der Waals surface area contributed by atoms with Crippen LogP contribution in [0.15, 0.2) is 30.3 Å². The van der Waals surface area contributed by atoms with Gasteiger partial charge in [0, 0.05) is 12.5 Å². The molecule has 2 heteroatoms. The molecular weight excluding hydrogens is 222 g/mol. The Balaban J connectivity index is 1.97. The second kappa shape index (κ2) is 6.03. The van der Waals surface area contributed by atoms with Crippen molar-refractivity contribution in [1.29, 1.82) is 0 Å². The molecule has 0 radical (unpaired) electrons. The van der Waals surface area contributed by atoms with E-state index in [0.717, 1.165) is 12.3 Å². The van der Waals surface area contributed by atoms with E-state index in [1.54, 1.807) is 0 Å². The Morgan fingerprint density at radius 2 is 2.00 bits per heavy atom. The molecule has 1 aliphatic rings. The number of carbonyl (C=O) groups is 1. The van der Waals surface area contributed by atoms with E-state index in [1.807, 2.05) is 6.07 Å². The molecule has 2 rings (SSSR count). The maximum Gasteiger partial charge on any atom is 0.220 e. The highest BCUT2D eigenvalue weighted by Gasteiger charge is 2.33. The maximum absolute atomic E-state index is 12.0. The summed E-state index contributed by atoms with van der Waals surface area (Å²) in [6.45, 7) is 4.16. The van der Waals surface area contributed by atoms with E-state index < -0.39 is 0 Å². The molecule has 1 saturated carbocycles. The van der Waals surface area contributed by atoms with Crippen molar-refractivity contribution in [3.8, 4) is 0 Å². The Hall–Kier alpha value is -1.31. The minimum Gasteiger partial charge on any atom is -0.354 e. The van der Waals surface area contributed by atoms with Crippen LogP contribution >= 0.6 is 0 Å². The van der Waals surface area contributed by atoms with E-state index >= 15 is 0 Å². The van der Waals surface area contributed by atoms with Crippen LogP contribution in [0.4, 0.5) is 0 Å². The number of amides is 1. The van der Waals surface area contributed by atoms with E-state index in [4.69, 9.17) is 0 Å². The van der Waals surface area contributed by atoms with Crippen molar-refractivity contribution < 1.29 is 4.79 Å². The molecule has 0 aliphatic heterocycles. The van der Waals surface area contributed by atoms with Crippen molar-refractivity contribution in [1.82, 2.24) is 5.32 Å². The van der Waals surface area contributed by atoms with Gasteiger partial charge in [-0.1, -0.05) is 37.3 Å². The van der Waals surface area contributed by atoms with Crippen LogP contribution in [0.5, 0.6) is 0 Å². The monoisotopic (exact) mass is 245 g/mol. The second-order valence-corrected chi connectivity index (χ2v) is 5.44. The van der Waals surface area contributed by atoms with Gasteiger partial charge in [0.2, 0.25) is 5.91 Å². The zero-order valence-electron chi connectivity index (χ0n) is 11.4. The molecule has 2 nitrogen and oxygen atoms in total. The molecule has 1 aromatic carbocycles. The third kappa shape index (κ3) is 3.59. The lowest BCUT2D eigenvalue weighted by Crippen LogP contribution is -2.33. The summed E-state index contributed by atoms with van der Waals surface area (Å²) in [7, 11) is 0. The summed E-state index contributed by atoms with van der Waals surface area (Å²) in [4.78, 5) is 12.0. The van der Waals surface area contributed by atoms with E-state index in [1.165, 1.54) is 18.4 Å². The Bertz CT molecular complexity index is 383. The van der Waals surface area contributed by atoms with Gasteiger partial charge in [-0.15, -0.1) is 0 Å². The molecule has 0 aromatic heterocycles. The molecule has 0 heterocycles. The Morgan fingerprint density at radius 1 is 1.33 bits per heavy atom. The van der Waals surface area contributed by atoms with Gasteiger partial charge in [-0.05, 0) is 43.6 Å². The smallest absolute Gasteiger partial charge is 0.220 e. The second-order valence-electron chi connectivity index (χ2n) is 5.44. The summed E-state index contributed by atoms with van der Waals surface area (Å²) in [5, 5.41) is 3.07. The van der Waals surface area contributed by atoms with E-state index in [2.05, 4.69) is 43.4 Å². The Labute approximate surface area is 110 Å². The highest BCUT2D eigenvalue weighted by atomic mass is 16.1. The summed E-state index contributed by atoms with van der Waals surface area (Å²) in [6, 6.07) is 10.8. The van der Waals surface area contributed by atoms with E-state index in [-0.39, 0.29) is 11.9 Å². The molecule has 1 amide bonds. The zero-order chi connectivity index (χ0) is 13.0. The zero-order valence-corrected chi connectivity index (χ0v) is 11.4. The highest BCUT2D eigenvalue weighted by Crippen LogP contribution is 2.44. The first kappa shape index (κ1) is 13.1. The lowest BCUT2D eigenvalue weighted by molar-refractivity contribution is -0.122. The van der Waals surface area contributed by atoms with Crippen molar-refractivity contribution in [2.45, 2.75) is 51.5 Å². The summed E-state index contributed by atoms with van der Waals surface area (Å²) >= 11 is 0. The fourth-order valence-corrected chi connectivity index (χ4v) is 2.39. The predicted octanol–water partition coefficient (Wildman–Crippen LogP) is 3.49. The molecule has 0 spiro atoms. The predicted molar refractivity (Wildman–Crippen MR) is 74.4 cm³/mol. The third-order valence-electron chi connectivity index (χ3n) is 3.84. The summed E-state index contributed by atoms with van der Waals surface area (Å²) in [5.74, 6) is 1.33. The lowest BCUT2D eigenvalue weighted by atomic mass is 9.90. The van der Waals surface area contributed by atoms with E-state index in [9.17, 15) is 4.79 Å². The van der Waals surface area contributed by atoms with Crippen molar-refractivity contribution in [2.75, 3.05) is 0 Å². The van der Waals surface area contributed by atoms with Crippen LogP contribution in [0.25, 0.3) is 0 Å². The third-order valence-corrected chi connectivity index (χ3v) is 3.84. The van der Waals surface area contributed by atoms with Gasteiger partial charge in [0.15, 0.2) is 0 Å². The average molecular weight is 245 g/mol. The number of nitrogens with one attached hydrogen (secondary N) is 1. The number of hydrogen-bond donors (Lipinski definition) is 1. The van der Waals surface area contributed by atoms with Crippen molar-refractivity contribution in [3.05, 3.63) is 35.9 Å². The normalized spacial score (nSPS) is 18.1. The molecule has 2 unspecified atom stereocenters. The number of benzene rings is 1. The van der Waals surface area contributed by atoms with Gasteiger partial charge >= 0.3 is 0 Å². The number of rotatable bonds is 6. The van der Waals surface area contributed by atoms with Crippen molar-refractivity contribution in [2.24, 2.45) is 5.92 Å². The molecule has 0 bridgehead atoms. The molecule has 0 saturated heterocycles. The van der Waals surface area contributed by atoms with Crippen molar-refractivity contribution in [3.63, 3.8) is 0 Å².